The lowest BCUT2D eigenvalue weighted by Gasteiger charge is -2.13. The maximum atomic E-state index is 12.0. The molecule has 1 aliphatic carbocycles. The highest BCUT2D eigenvalue weighted by molar-refractivity contribution is 7.12. The van der Waals surface area contributed by atoms with Gasteiger partial charge in [-0.15, -0.1) is 11.3 Å². The van der Waals surface area contributed by atoms with Crippen LogP contribution in [0.15, 0.2) is 11.4 Å². The van der Waals surface area contributed by atoms with E-state index in [1.54, 1.807) is 11.4 Å². The van der Waals surface area contributed by atoms with Gasteiger partial charge in [0.05, 0.1) is 5.69 Å². The number of carboxylic acids is 1. The van der Waals surface area contributed by atoms with Gasteiger partial charge >= 0.3 is 5.97 Å². The van der Waals surface area contributed by atoms with Crippen LogP contribution in [0, 0.1) is 5.92 Å². The number of rotatable bonds is 4. The Morgan fingerprint density at radius 2 is 1.95 bits per heavy atom. The van der Waals surface area contributed by atoms with Crippen LogP contribution in [-0.2, 0) is 4.79 Å². The summed E-state index contributed by atoms with van der Waals surface area (Å²) in [5.41, 5.74) is 0.427. The summed E-state index contributed by atoms with van der Waals surface area (Å²) in [4.78, 5) is 23.1. The monoisotopic (exact) mass is 281 g/mol. The molecule has 2 N–H and O–H groups in total. The Morgan fingerprint density at radius 1 is 1.26 bits per heavy atom. The Hall–Kier alpha value is -1.36. The van der Waals surface area contributed by atoms with Crippen LogP contribution in [-0.4, -0.2) is 17.0 Å². The Labute approximate surface area is 116 Å². The first-order chi connectivity index (χ1) is 9.16. The predicted molar refractivity (Wildman–Crippen MR) is 75.7 cm³/mol. The zero-order chi connectivity index (χ0) is 13.7. The van der Waals surface area contributed by atoms with Gasteiger partial charge in [-0.1, -0.05) is 25.7 Å². The molecule has 1 fully saturated rings. The first kappa shape index (κ1) is 14.1. The van der Waals surface area contributed by atoms with Crippen molar-refractivity contribution in [1.29, 1.82) is 0 Å². The molecule has 0 unspecified atom stereocenters. The smallest absolute Gasteiger partial charge is 0.348 e. The number of aromatic carboxylic acids is 1. The summed E-state index contributed by atoms with van der Waals surface area (Å²) < 4.78 is 0. The summed E-state index contributed by atoms with van der Waals surface area (Å²) in [5, 5.41) is 13.4. The number of carbonyl (C=O) groups is 2. The van der Waals surface area contributed by atoms with Gasteiger partial charge in [0, 0.05) is 6.42 Å². The van der Waals surface area contributed by atoms with Crippen molar-refractivity contribution in [1.82, 2.24) is 0 Å². The van der Waals surface area contributed by atoms with E-state index in [9.17, 15) is 9.59 Å². The second kappa shape index (κ2) is 6.70. The van der Waals surface area contributed by atoms with Crippen LogP contribution in [0.5, 0.6) is 0 Å². The SMILES string of the molecule is O=C(CC1CCCCCC1)Nc1ccsc1C(=O)O. The molecule has 0 aliphatic heterocycles. The normalized spacial score (nSPS) is 16.8. The van der Waals surface area contributed by atoms with Gasteiger partial charge in [-0.25, -0.2) is 4.79 Å². The first-order valence-electron chi connectivity index (χ1n) is 6.77. The van der Waals surface area contributed by atoms with Crippen molar-refractivity contribution in [2.24, 2.45) is 5.92 Å². The number of carboxylic acid groups (broad SMARTS) is 1. The third kappa shape index (κ3) is 4.06. The van der Waals surface area contributed by atoms with Gasteiger partial charge in [-0.3, -0.25) is 4.79 Å². The third-order valence-corrected chi connectivity index (χ3v) is 4.48. The Morgan fingerprint density at radius 3 is 2.58 bits per heavy atom. The lowest BCUT2D eigenvalue weighted by molar-refractivity contribution is -0.117. The number of nitrogens with one attached hydrogen (secondary N) is 1. The van der Waals surface area contributed by atoms with E-state index in [4.69, 9.17) is 5.11 Å². The van der Waals surface area contributed by atoms with Gasteiger partial charge in [0.1, 0.15) is 4.88 Å². The highest BCUT2D eigenvalue weighted by Crippen LogP contribution is 2.27. The van der Waals surface area contributed by atoms with Crippen molar-refractivity contribution in [2.45, 2.75) is 44.9 Å². The maximum Gasteiger partial charge on any atom is 0.348 e. The number of anilines is 1. The minimum absolute atomic E-state index is 0.0622. The Bertz CT molecular complexity index is 447. The van der Waals surface area contributed by atoms with Crippen molar-refractivity contribution >= 4 is 28.9 Å². The molecule has 0 aromatic carbocycles. The van der Waals surface area contributed by atoms with Crippen LogP contribution in [0.2, 0.25) is 0 Å². The average Bonchev–Trinajstić information content (AvgIpc) is 2.66. The molecule has 2 rings (SSSR count). The van der Waals surface area contributed by atoms with Gasteiger partial charge in [0.25, 0.3) is 0 Å². The highest BCUT2D eigenvalue weighted by Gasteiger charge is 2.18. The molecule has 1 amide bonds. The number of carbonyl (C=O) groups excluding carboxylic acids is 1. The second-order valence-corrected chi connectivity index (χ2v) is 5.99. The van der Waals surface area contributed by atoms with Gasteiger partial charge in [0.2, 0.25) is 5.91 Å². The van der Waals surface area contributed by atoms with Crippen LogP contribution in [0.1, 0.15) is 54.6 Å². The van der Waals surface area contributed by atoms with Crippen molar-refractivity contribution < 1.29 is 14.7 Å². The summed E-state index contributed by atoms with van der Waals surface area (Å²) in [7, 11) is 0. The molecule has 0 atom stereocenters. The fraction of sp³-hybridized carbons (Fsp3) is 0.571. The predicted octanol–water partition coefficient (Wildman–Crippen LogP) is 3.75. The van der Waals surface area contributed by atoms with Gasteiger partial charge in [0.15, 0.2) is 0 Å². The number of amides is 1. The summed E-state index contributed by atoms with van der Waals surface area (Å²) >= 11 is 1.13. The van der Waals surface area contributed by atoms with Crippen LogP contribution >= 0.6 is 11.3 Å². The largest absolute Gasteiger partial charge is 0.477 e. The van der Waals surface area contributed by atoms with E-state index in [0.717, 1.165) is 24.2 Å². The van der Waals surface area contributed by atoms with E-state index in [2.05, 4.69) is 5.32 Å². The van der Waals surface area contributed by atoms with Gasteiger partial charge in [-0.05, 0) is 30.2 Å². The highest BCUT2D eigenvalue weighted by atomic mass is 32.1. The van der Waals surface area contributed by atoms with Gasteiger partial charge < -0.3 is 10.4 Å². The molecule has 1 heterocycles. The van der Waals surface area contributed by atoms with Crippen molar-refractivity contribution in [3.05, 3.63) is 16.3 Å². The van der Waals surface area contributed by atoms with Crippen LogP contribution in [0.4, 0.5) is 5.69 Å². The zero-order valence-corrected chi connectivity index (χ0v) is 11.7. The first-order valence-corrected chi connectivity index (χ1v) is 7.65. The molecule has 1 saturated carbocycles. The molecule has 1 aliphatic rings. The zero-order valence-electron chi connectivity index (χ0n) is 10.9. The van der Waals surface area contributed by atoms with Crippen molar-refractivity contribution in [3.63, 3.8) is 0 Å². The third-order valence-electron chi connectivity index (χ3n) is 3.58. The molecule has 19 heavy (non-hydrogen) atoms. The number of hydrogen-bond donors (Lipinski definition) is 2. The van der Waals surface area contributed by atoms with E-state index in [1.807, 2.05) is 0 Å². The molecule has 5 heteroatoms. The minimum atomic E-state index is -0.986. The molecular formula is C14H19NO3S. The molecule has 1 aromatic heterocycles. The Balaban J connectivity index is 1.89. The van der Waals surface area contributed by atoms with Crippen LogP contribution < -0.4 is 5.32 Å². The molecule has 1 aromatic rings. The molecule has 0 bridgehead atoms. The summed E-state index contributed by atoms with van der Waals surface area (Å²) in [5.74, 6) is -0.595. The fourth-order valence-electron chi connectivity index (χ4n) is 2.60. The lowest BCUT2D eigenvalue weighted by Crippen LogP contribution is -2.17. The van der Waals surface area contributed by atoms with Crippen LogP contribution in [0.3, 0.4) is 0 Å². The number of thiophene rings is 1. The second-order valence-electron chi connectivity index (χ2n) is 5.08. The molecule has 0 spiro atoms. The topological polar surface area (TPSA) is 66.4 Å². The van der Waals surface area contributed by atoms with E-state index < -0.39 is 5.97 Å². The molecule has 0 saturated heterocycles. The maximum absolute atomic E-state index is 12.0. The summed E-state index contributed by atoms with van der Waals surface area (Å²) in [6, 6.07) is 1.65. The average molecular weight is 281 g/mol. The van der Waals surface area contributed by atoms with E-state index in [-0.39, 0.29) is 10.8 Å². The van der Waals surface area contributed by atoms with Gasteiger partial charge in [-0.2, -0.15) is 0 Å². The molecule has 0 radical (unpaired) electrons. The quantitative estimate of drug-likeness (QED) is 0.826. The summed E-state index contributed by atoms with van der Waals surface area (Å²) in [6.45, 7) is 0. The van der Waals surface area contributed by atoms with E-state index >= 15 is 0 Å². The Kier molecular flexibility index (Phi) is 4.96. The standard InChI is InChI=1S/C14H19NO3S/c16-12(9-10-5-3-1-2-4-6-10)15-11-7-8-19-13(11)14(17)18/h7-8,10H,1-6,9H2,(H,15,16)(H,17,18). The molecule has 4 nitrogen and oxygen atoms in total. The van der Waals surface area contributed by atoms with E-state index in [0.29, 0.717) is 18.0 Å². The van der Waals surface area contributed by atoms with Crippen molar-refractivity contribution in [3.8, 4) is 0 Å². The fourth-order valence-corrected chi connectivity index (χ4v) is 3.29. The molecule has 104 valence electrons. The van der Waals surface area contributed by atoms with Crippen LogP contribution in [0.25, 0.3) is 0 Å². The summed E-state index contributed by atoms with van der Waals surface area (Å²) in [6.07, 6.45) is 7.69. The molecular weight excluding hydrogens is 262 g/mol. The van der Waals surface area contributed by atoms with E-state index in [1.165, 1.54) is 25.7 Å². The number of hydrogen-bond acceptors (Lipinski definition) is 3. The lowest BCUT2D eigenvalue weighted by atomic mass is 9.96. The van der Waals surface area contributed by atoms with Crippen molar-refractivity contribution in [2.75, 3.05) is 5.32 Å². The minimum Gasteiger partial charge on any atom is -0.477 e.